The lowest BCUT2D eigenvalue weighted by Crippen LogP contribution is -2.34. The highest BCUT2D eigenvalue weighted by atomic mass is 19.1. The SMILES string of the molecule is COc1ncc(F)cc1CN(C)C(=O)c1n[nH]c2ncnc(N[C@@H]3CC[C@@H](O)[C@H]3O)c12. The second-order valence-electron chi connectivity index (χ2n) is 7.39. The first-order valence-corrected chi connectivity index (χ1v) is 9.64. The van der Waals surface area contributed by atoms with Crippen LogP contribution in [0.25, 0.3) is 11.0 Å². The number of pyridine rings is 1. The average molecular weight is 431 g/mol. The predicted molar refractivity (Wildman–Crippen MR) is 107 cm³/mol. The fourth-order valence-corrected chi connectivity index (χ4v) is 3.69. The number of aliphatic hydroxyl groups excluding tert-OH is 2. The van der Waals surface area contributed by atoms with Crippen molar-refractivity contribution in [3.8, 4) is 5.88 Å². The molecule has 31 heavy (non-hydrogen) atoms. The van der Waals surface area contributed by atoms with E-state index in [-0.39, 0.29) is 18.1 Å². The zero-order chi connectivity index (χ0) is 22.1. The Labute approximate surface area is 176 Å². The quantitative estimate of drug-likeness (QED) is 0.437. The molecule has 1 aliphatic rings. The number of ether oxygens (including phenoxy) is 1. The lowest BCUT2D eigenvalue weighted by molar-refractivity contribution is 0.0392. The molecule has 3 aromatic rings. The van der Waals surface area contributed by atoms with E-state index in [1.54, 1.807) is 7.05 Å². The van der Waals surface area contributed by atoms with Gasteiger partial charge in [0.2, 0.25) is 5.88 Å². The number of hydrogen-bond acceptors (Lipinski definition) is 9. The average Bonchev–Trinajstić information content (AvgIpc) is 3.33. The fourth-order valence-electron chi connectivity index (χ4n) is 3.69. The van der Waals surface area contributed by atoms with Gasteiger partial charge in [-0.25, -0.2) is 19.3 Å². The van der Waals surface area contributed by atoms with Gasteiger partial charge < -0.3 is 25.2 Å². The largest absolute Gasteiger partial charge is 0.481 e. The van der Waals surface area contributed by atoms with Gasteiger partial charge in [-0.3, -0.25) is 9.89 Å². The third-order valence-electron chi connectivity index (χ3n) is 5.30. The van der Waals surface area contributed by atoms with Crippen LogP contribution in [0.15, 0.2) is 18.6 Å². The zero-order valence-corrected chi connectivity index (χ0v) is 16.9. The summed E-state index contributed by atoms with van der Waals surface area (Å²) in [5, 5.41) is 30.2. The van der Waals surface area contributed by atoms with Gasteiger partial charge in [0.25, 0.3) is 5.91 Å². The highest BCUT2D eigenvalue weighted by Crippen LogP contribution is 2.28. The lowest BCUT2D eigenvalue weighted by atomic mass is 10.2. The molecule has 4 N–H and O–H groups in total. The van der Waals surface area contributed by atoms with Crippen molar-refractivity contribution in [1.82, 2.24) is 30.0 Å². The molecular weight excluding hydrogens is 409 g/mol. The molecule has 0 saturated heterocycles. The van der Waals surface area contributed by atoms with Crippen LogP contribution in [0.5, 0.6) is 5.88 Å². The number of methoxy groups -OCH3 is 1. The minimum absolute atomic E-state index is 0.0328. The lowest BCUT2D eigenvalue weighted by Gasteiger charge is -2.20. The normalized spacial score (nSPS) is 20.7. The molecule has 11 nitrogen and oxygen atoms in total. The molecule has 0 aliphatic heterocycles. The first-order valence-electron chi connectivity index (χ1n) is 9.64. The molecular formula is C19H22FN7O4. The molecule has 12 heteroatoms. The standard InChI is InChI=1S/C19H22FN7O4/c1-27(7-9-5-10(20)6-21-18(9)31-2)19(30)14-13-16(22-8-23-17(13)26-25-14)24-11-3-4-12(28)15(11)29/h5-6,8,11-12,15,28-29H,3-4,7H2,1-2H3,(H2,22,23,24,25,26)/t11-,12-,15+/m1/s1. The van der Waals surface area contributed by atoms with Crippen LogP contribution in [0, 0.1) is 5.82 Å². The summed E-state index contributed by atoms with van der Waals surface area (Å²) in [5.74, 6) is -0.465. The van der Waals surface area contributed by atoms with Gasteiger partial charge in [0, 0.05) is 12.6 Å². The Balaban J connectivity index is 1.62. The van der Waals surface area contributed by atoms with Crippen molar-refractivity contribution in [3.05, 3.63) is 35.7 Å². The van der Waals surface area contributed by atoms with E-state index < -0.39 is 30.0 Å². The molecule has 1 aliphatic carbocycles. The van der Waals surface area contributed by atoms with Crippen LogP contribution in [-0.4, -0.2) is 78.6 Å². The topological polar surface area (TPSA) is 149 Å². The second kappa shape index (κ2) is 8.40. The molecule has 0 radical (unpaired) electrons. The molecule has 1 fully saturated rings. The van der Waals surface area contributed by atoms with Gasteiger partial charge in [-0.15, -0.1) is 0 Å². The van der Waals surface area contributed by atoms with E-state index in [4.69, 9.17) is 4.74 Å². The predicted octanol–water partition coefficient (Wildman–Crippen LogP) is 0.464. The number of nitrogens with zero attached hydrogens (tertiary/aromatic N) is 5. The van der Waals surface area contributed by atoms with Gasteiger partial charge in [-0.1, -0.05) is 0 Å². The molecule has 3 aromatic heterocycles. The van der Waals surface area contributed by atoms with E-state index >= 15 is 0 Å². The molecule has 0 spiro atoms. The van der Waals surface area contributed by atoms with Crippen molar-refractivity contribution >= 4 is 22.8 Å². The first kappa shape index (κ1) is 20.9. The summed E-state index contributed by atoms with van der Waals surface area (Å²) in [6, 6.07) is 0.826. The minimum Gasteiger partial charge on any atom is -0.481 e. The Hall–Kier alpha value is -3.38. The van der Waals surface area contributed by atoms with Crippen LogP contribution < -0.4 is 10.1 Å². The number of aromatic amines is 1. The van der Waals surface area contributed by atoms with E-state index in [0.717, 1.165) is 6.20 Å². The maximum Gasteiger partial charge on any atom is 0.275 e. The van der Waals surface area contributed by atoms with Gasteiger partial charge in [-0.2, -0.15) is 5.10 Å². The number of anilines is 1. The fraction of sp³-hybridized carbons (Fsp3) is 0.421. The smallest absolute Gasteiger partial charge is 0.275 e. The summed E-state index contributed by atoms with van der Waals surface area (Å²) in [6.45, 7) is 0.0328. The van der Waals surface area contributed by atoms with Crippen molar-refractivity contribution in [1.29, 1.82) is 0 Å². The number of amides is 1. The summed E-state index contributed by atoms with van der Waals surface area (Å²) in [6.07, 6.45) is 1.57. The Morgan fingerprint density at radius 1 is 1.35 bits per heavy atom. The molecule has 0 unspecified atom stereocenters. The van der Waals surface area contributed by atoms with Crippen LogP contribution >= 0.6 is 0 Å². The Kier molecular flexibility index (Phi) is 5.65. The van der Waals surface area contributed by atoms with Crippen LogP contribution in [0.3, 0.4) is 0 Å². The van der Waals surface area contributed by atoms with E-state index in [2.05, 4.69) is 30.5 Å². The van der Waals surface area contributed by atoms with Crippen molar-refractivity contribution in [2.75, 3.05) is 19.5 Å². The maximum atomic E-state index is 13.6. The molecule has 1 saturated carbocycles. The number of nitrogens with one attached hydrogen (secondary N) is 2. The van der Waals surface area contributed by atoms with Crippen LogP contribution in [0.2, 0.25) is 0 Å². The number of carbonyl (C=O) groups is 1. The van der Waals surface area contributed by atoms with Crippen molar-refractivity contribution in [2.45, 2.75) is 37.6 Å². The van der Waals surface area contributed by atoms with Gasteiger partial charge in [-0.05, 0) is 18.9 Å². The summed E-state index contributed by atoms with van der Waals surface area (Å²) in [5.41, 5.74) is 0.806. The van der Waals surface area contributed by atoms with E-state index in [9.17, 15) is 19.4 Å². The Morgan fingerprint density at radius 3 is 2.87 bits per heavy atom. The maximum absolute atomic E-state index is 13.6. The molecule has 0 bridgehead atoms. The third-order valence-corrected chi connectivity index (χ3v) is 5.30. The van der Waals surface area contributed by atoms with Gasteiger partial charge >= 0.3 is 0 Å². The molecule has 4 rings (SSSR count). The highest BCUT2D eigenvalue weighted by molar-refractivity contribution is 6.07. The van der Waals surface area contributed by atoms with Crippen molar-refractivity contribution in [2.24, 2.45) is 0 Å². The van der Waals surface area contributed by atoms with Crippen LogP contribution in [0.1, 0.15) is 28.9 Å². The number of carbonyl (C=O) groups excluding carboxylic acids is 1. The van der Waals surface area contributed by atoms with E-state index in [1.165, 1.54) is 24.4 Å². The zero-order valence-electron chi connectivity index (χ0n) is 16.9. The van der Waals surface area contributed by atoms with Gasteiger partial charge in [0.1, 0.15) is 18.0 Å². The Bertz CT molecular complexity index is 1110. The number of aromatic nitrogens is 5. The molecule has 0 aromatic carbocycles. The van der Waals surface area contributed by atoms with Crippen LogP contribution in [-0.2, 0) is 6.54 Å². The molecule has 3 heterocycles. The number of aliphatic hydroxyl groups is 2. The van der Waals surface area contributed by atoms with Gasteiger partial charge in [0.05, 0.1) is 43.5 Å². The Morgan fingerprint density at radius 2 is 2.16 bits per heavy atom. The highest BCUT2D eigenvalue weighted by Gasteiger charge is 2.34. The first-order chi connectivity index (χ1) is 14.9. The van der Waals surface area contributed by atoms with E-state index in [0.29, 0.717) is 35.3 Å². The van der Waals surface area contributed by atoms with E-state index in [1.807, 2.05) is 0 Å². The monoisotopic (exact) mass is 431 g/mol. The van der Waals surface area contributed by atoms with Crippen LogP contribution in [0.4, 0.5) is 10.2 Å². The summed E-state index contributed by atoms with van der Waals surface area (Å²) in [4.78, 5) is 26.7. The molecule has 164 valence electrons. The summed E-state index contributed by atoms with van der Waals surface area (Å²) in [7, 11) is 2.96. The number of rotatable bonds is 6. The number of H-pyrrole nitrogens is 1. The number of hydrogen-bond donors (Lipinski definition) is 4. The summed E-state index contributed by atoms with van der Waals surface area (Å²) >= 11 is 0. The number of halogens is 1. The van der Waals surface area contributed by atoms with Gasteiger partial charge in [0.15, 0.2) is 11.3 Å². The van der Waals surface area contributed by atoms with Crippen molar-refractivity contribution in [3.63, 3.8) is 0 Å². The molecule has 1 amide bonds. The number of fused-ring (bicyclic) bond motifs is 1. The molecule has 3 atom stereocenters. The minimum atomic E-state index is -0.952. The second-order valence-corrected chi connectivity index (χ2v) is 7.39. The van der Waals surface area contributed by atoms with Crippen molar-refractivity contribution < 1.29 is 24.1 Å². The summed E-state index contributed by atoms with van der Waals surface area (Å²) < 4.78 is 18.8. The third kappa shape index (κ3) is 3.99.